The monoisotopic (exact) mass is 478 g/mol. The number of unbranched alkanes of at least 4 members (excludes halogenated alkanes) is 2. The molecule has 1 heterocycles. The summed E-state index contributed by atoms with van der Waals surface area (Å²) >= 11 is 0. The molecule has 0 saturated heterocycles. The summed E-state index contributed by atoms with van der Waals surface area (Å²) in [4.78, 5) is 25.4. The Labute approximate surface area is 203 Å². The molecule has 1 aromatic rings. The molecule has 1 aromatic carbocycles. The summed E-state index contributed by atoms with van der Waals surface area (Å²) in [6, 6.07) is 7.08. The largest absolute Gasteiger partial charge is 0.462 e. The number of nitrogens with one attached hydrogen (secondary N) is 3. The second kappa shape index (κ2) is 14.1. The van der Waals surface area contributed by atoms with Crippen molar-refractivity contribution >= 4 is 30.1 Å². The van der Waals surface area contributed by atoms with E-state index in [1.165, 1.54) is 19.3 Å². The first-order valence-corrected chi connectivity index (χ1v) is 12.1. The van der Waals surface area contributed by atoms with Gasteiger partial charge in [0.1, 0.15) is 0 Å². The highest BCUT2D eigenvalue weighted by molar-refractivity contribution is 5.95. The number of hydrogen-bond acceptors (Lipinski definition) is 5. The third-order valence-corrected chi connectivity index (χ3v) is 6.36. The fourth-order valence-corrected chi connectivity index (χ4v) is 4.49. The van der Waals surface area contributed by atoms with Gasteiger partial charge in [-0.15, -0.1) is 12.4 Å². The number of rotatable bonds is 11. The van der Waals surface area contributed by atoms with Crippen molar-refractivity contribution in [3.05, 3.63) is 41.1 Å². The number of halogens is 1. The second-order valence-electron chi connectivity index (χ2n) is 8.78. The van der Waals surface area contributed by atoms with Gasteiger partial charge < -0.3 is 26.4 Å². The Morgan fingerprint density at radius 3 is 2.52 bits per heavy atom. The zero-order chi connectivity index (χ0) is 22.8. The number of anilines is 1. The third kappa shape index (κ3) is 7.93. The van der Waals surface area contributed by atoms with Gasteiger partial charge in [0.2, 0.25) is 0 Å². The smallest absolute Gasteiger partial charge is 0.338 e. The Kier molecular flexibility index (Phi) is 11.5. The van der Waals surface area contributed by atoms with Crippen LogP contribution in [0.4, 0.5) is 10.5 Å². The fraction of sp³-hybridized carbons (Fsp3) is 0.600. The van der Waals surface area contributed by atoms with Gasteiger partial charge in [-0.3, -0.25) is 0 Å². The van der Waals surface area contributed by atoms with Crippen LogP contribution < -0.4 is 21.7 Å². The quantitative estimate of drug-likeness (QED) is 0.270. The van der Waals surface area contributed by atoms with E-state index in [9.17, 15) is 9.59 Å². The predicted molar refractivity (Wildman–Crippen MR) is 134 cm³/mol. The maximum atomic E-state index is 13.1. The third-order valence-electron chi connectivity index (χ3n) is 6.36. The topological polar surface area (TPSA) is 105 Å². The van der Waals surface area contributed by atoms with E-state index in [2.05, 4.69) is 16.0 Å². The van der Waals surface area contributed by atoms with E-state index in [4.69, 9.17) is 10.5 Å². The van der Waals surface area contributed by atoms with Gasteiger partial charge in [0, 0.05) is 17.9 Å². The summed E-state index contributed by atoms with van der Waals surface area (Å²) < 4.78 is 5.74. The molecule has 0 bridgehead atoms. The predicted octanol–water partition coefficient (Wildman–Crippen LogP) is 4.79. The SMILES string of the molecule is CCC1=C(C(=O)OCC2CCCCC2)C(c2ccc(NCCCCCN)cc2)NC(=O)N1.Cl. The molecule has 1 aliphatic carbocycles. The molecule has 0 spiro atoms. The van der Waals surface area contributed by atoms with Crippen LogP contribution >= 0.6 is 12.4 Å². The van der Waals surface area contributed by atoms with Crippen molar-refractivity contribution in [3.8, 4) is 0 Å². The van der Waals surface area contributed by atoms with E-state index in [0.29, 0.717) is 30.2 Å². The number of hydrogen-bond donors (Lipinski definition) is 4. The van der Waals surface area contributed by atoms with Gasteiger partial charge in [0.25, 0.3) is 0 Å². The van der Waals surface area contributed by atoms with Crippen LogP contribution in [0.5, 0.6) is 0 Å². The first-order chi connectivity index (χ1) is 15.6. The normalized spacial score (nSPS) is 18.7. The van der Waals surface area contributed by atoms with Gasteiger partial charge >= 0.3 is 12.0 Å². The van der Waals surface area contributed by atoms with Gasteiger partial charge in [-0.05, 0) is 62.3 Å². The lowest BCUT2D eigenvalue weighted by atomic mass is 9.90. The van der Waals surface area contributed by atoms with Crippen LogP contribution in [0.2, 0.25) is 0 Å². The molecule has 7 nitrogen and oxygen atoms in total. The van der Waals surface area contributed by atoms with E-state index in [0.717, 1.165) is 56.4 Å². The van der Waals surface area contributed by atoms with Gasteiger partial charge in [-0.25, -0.2) is 9.59 Å². The number of carbonyl (C=O) groups is 2. The summed E-state index contributed by atoms with van der Waals surface area (Å²) in [6.45, 7) is 4.01. The minimum Gasteiger partial charge on any atom is -0.462 e. The lowest BCUT2D eigenvalue weighted by Crippen LogP contribution is -2.46. The Bertz CT molecular complexity index is 791. The maximum Gasteiger partial charge on any atom is 0.338 e. The lowest BCUT2D eigenvalue weighted by molar-refractivity contribution is -0.141. The van der Waals surface area contributed by atoms with E-state index in [1.54, 1.807) is 0 Å². The highest BCUT2D eigenvalue weighted by Gasteiger charge is 2.33. The molecule has 1 fully saturated rings. The summed E-state index contributed by atoms with van der Waals surface area (Å²) in [7, 11) is 0. The van der Waals surface area contributed by atoms with Crippen LogP contribution in [0.3, 0.4) is 0 Å². The zero-order valence-electron chi connectivity index (χ0n) is 19.7. The molecule has 2 aliphatic rings. The highest BCUT2D eigenvalue weighted by atomic mass is 35.5. The molecule has 0 radical (unpaired) electrons. The molecule has 3 rings (SSSR count). The van der Waals surface area contributed by atoms with Crippen LogP contribution in [0.1, 0.15) is 76.3 Å². The maximum absolute atomic E-state index is 13.1. The van der Waals surface area contributed by atoms with Crippen molar-refractivity contribution in [2.75, 3.05) is 25.0 Å². The molecule has 33 heavy (non-hydrogen) atoms. The van der Waals surface area contributed by atoms with Crippen molar-refractivity contribution < 1.29 is 14.3 Å². The van der Waals surface area contributed by atoms with Gasteiger partial charge in [-0.1, -0.05) is 44.7 Å². The Hall–Kier alpha value is -2.25. The molecule has 1 atom stereocenters. The first kappa shape index (κ1) is 27.0. The average Bonchev–Trinajstić information content (AvgIpc) is 2.83. The number of allylic oxidation sites excluding steroid dienone is 1. The highest BCUT2D eigenvalue weighted by Crippen LogP contribution is 2.30. The number of ether oxygens (including phenoxy) is 1. The molecule has 1 unspecified atom stereocenters. The number of nitrogens with two attached hydrogens (primary N) is 1. The van der Waals surface area contributed by atoms with Crippen molar-refractivity contribution in [1.82, 2.24) is 10.6 Å². The summed E-state index contributed by atoms with van der Waals surface area (Å²) in [5.41, 5.74) is 8.56. The fourth-order valence-electron chi connectivity index (χ4n) is 4.49. The van der Waals surface area contributed by atoms with Crippen LogP contribution in [0.15, 0.2) is 35.5 Å². The second-order valence-corrected chi connectivity index (χ2v) is 8.78. The summed E-state index contributed by atoms with van der Waals surface area (Å²) in [6.07, 6.45) is 9.70. The van der Waals surface area contributed by atoms with Gasteiger partial charge in [0.15, 0.2) is 0 Å². The van der Waals surface area contributed by atoms with Crippen molar-refractivity contribution in [3.63, 3.8) is 0 Å². The molecule has 5 N–H and O–H groups in total. The zero-order valence-corrected chi connectivity index (χ0v) is 20.5. The van der Waals surface area contributed by atoms with Crippen LogP contribution in [-0.4, -0.2) is 31.7 Å². The van der Waals surface area contributed by atoms with Crippen molar-refractivity contribution in [2.24, 2.45) is 11.7 Å². The molecule has 0 aromatic heterocycles. The molecule has 8 heteroatoms. The van der Waals surface area contributed by atoms with E-state index < -0.39 is 6.04 Å². The Balaban J connectivity index is 0.00000385. The number of urea groups is 1. The summed E-state index contributed by atoms with van der Waals surface area (Å²) in [5, 5.41) is 9.12. The number of amides is 2. The van der Waals surface area contributed by atoms with Crippen molar-refractivity contribution in [2.45, 2.75) is 70.8 Å². The molecule has 2 amide bonds. The van der Waals surface area contributed by atoms with Gasteiger partial charge in [-0.2, -0.15) is 0 Å². The van der Waals surface area contributed by atoms with Crippen molar-refractivity contribution in [1.29, 1.82) is 0 Å². The van der Waals surface area contributed by atoms with E-state index in [1.807, 2.05) is 31.2 Å². The number of carbonyl (C=O) groups excluding carboxylic acids is 2. The standard InChI is InChI=1S/C25H38N4O3.ClH/c1-2-21-22(24(30)32-17-18-9-5-3-6-10-18)23(29-25(31)28-21)19-11-13-20(14-12-19)27-16-8-4-7-15-26;/h11-14,18,23,27H,2-10,15-17,26H2,1H3,(H2,28,29,31);1H. The molecule has 1 saturated carbocycles. The van der Waals surface area contributed by atoms with E-state index >= 15 is 0 Å². The van der Waals surface area contributed by atoms with Crippen LogP contribution in [0.25, 0.3) is 0 Å². The van der Waals surface area contributed by atoms with Crippen LogP contribution in [-0.2, 0) is 9.53 Å². The molecular formula is C25H39ClN4O3. The average molecular weight is 479 g/mol. The Morgan fingerprint density at radius 2 is 1.85 bits per heavy atom. The molecule has 184 valence electrons. The minimum atomic E-state index is -0.517. The number of esters is 1. The van der Waals surface area contributed by atoms with Crippen LogP contribution in [0, 0.1) is 5.92 Å². The summed E-state index contributed by atoms with van der Waals surface area (Å²) in [5.74, 6) is 0.102. The molecular weight excluding hydrogens is 440 g/mol. The van der Waals surface area contributed by atoms with Gasteiger partial charge in [0.05, 0.1) is 18.2 Å². The van der Waals surface area contributed by atoms with E-state index in [-0.39, 0.29) is 24.4 Å². The first-order valence-electron chi connectivity index (χ1n) is 12.1. The minimum absolute atomic E-state index is 0. The molecule has 1 aliphatic heterocycles. The number of benzene rings is 1. The lowest BCUT2D eigenvalue weighted by Gasteiger charge is -2.30. The Morgan fingerprint density at radius 1 is 1.12 bits per heavy atom.